The van der Waals surface area contributed by atoms with Crippen LogP contribution < -0.4 is 10.1 Å². The molecular weight excluding hydrogens is 393 g/mol. The number of pyridine rings is 1. The monoisotopic (exact) mass is 407 g/mol. The van der Waals surface area contributed by atoms with Gasteiger partial charge < -0.3 is 10.1 Å². The molecule has 0 aliphatic carbocycles. The molecular formula is C16H14IN3O2. The van der Waals surface area contributed by atoms with Crippen LogP contribution in [0.25, 0.3) is 5.65 Å². The minimum absolute atomic E-state index is 0.195. The van der Waals surface area contributed by atoms with Crippen LogP contribution >= 0.6 is 22.6 Å². The highest BCUT2D eigenvalue weighted by atomic mass is 127. The summed E-state index contributed by atoms with van der Waals surface area (Å²) in [4.78, 5) is 17.0. The molecule has 0 aliphatic heterocycles. The second-order valence-corrected chi connectivity index (χ2v) is 6.02. The van der Waals surface area contributed by atoms with Crippen LogP contribution in [0.3, 0.4) is 0 Å². The number of aryl methyl sites for hydroxylation is 1. The van der Waals surface area contributed by atoms with Crippen LogP contribution in [0.4, 0.5) is 5.69 Å². The number of nitrogens with zero attached hydrogens (tertiary/aromatic N) is 2. The lowest BCUT2D eigenvalue weighted by molar-refractivity contribution is 0.102. The van der Waals surface area contributed by atoms with Crippen LogP contribution in [0.5, 0.6) is 5.75 Å². The Labute approximate surface area is 141 Å². The summed E-state index contributed by atoms with van der Waals surface area (Å²) in [6.45, 7) is 1.81. The molecule has 0 spiro atoms. The molecule has 1 N–H and O–H groups in total. The van der Waals surface area contributed by atoms with E-state index in [1.807, 2.05) is 43.3 Å². The van der Waals surface area contributed by atoms with Gasteiger partial charge in [0.2, 0.25) is 0 Å². The van der Waals surface area contributed by atoms with Crippen molar-refractivity contribution in [2.75, 3.05) is 12.4 Å². The summed E-state index contributed by atoms with van der Waals surface area (Å²) < 4.78 is 8.15. The van der Waals surface area contributed by atoms with Crippen molar-refractivity contribution in [2.24, 2.45) is 0 Å². The second kappa shape index (κ2) is 5.96. The van der Waals surface area contributed by atoms with E-state index in [4.69, 9.17) is 4.74 Å². The van der Waals surface area contributed by atoms with Crippen molar-refractivity contribution in [3.05, 3.63) is 57.6 Å². The number of ether oxygens (including phenoxy) is 1. The fourth-order valence-electron chi connectivity index (χ4n) is 2.31. The molecule has 0 saturated heterocycles. The number of benzene rings is 1. The van der Waals surface area contributed by atoms with Gasteiger partial charge in [-0.05, 0) is 65.9 Å². The maximum absolute atomic E-state index is 12.6. The number of anilines is 1. The number of methoxy groups -OCH3 is 1. The number of hydrogen-bond donors (Lipinski definition) is 1. The Morgan fingerprint density at radius 2 is 2.00 bits per heavy atom. The van der Waals surface area contributed by atoms with Crippen LogP contribution in [0.1, 0.15) is 16.2 Å². The Hall–Kier alpha value is -2.09. The zero-order valence-electron chi connectivity index (χ0n) is 12.1. The minimum atomic E-state index is -0.195. The minimum Gasteiger partial charge on any atom is -0.493 e. The van der Waals surface area contributed by atoms with E-state index in [-0.39, 0.29) is 5.91 Å². The van der Waals surface area contributed by atoms with E-state index in [2.05, 4.69) is 32.9 Å². The van der Waals surface area contributed by atoms with E-state index in [1.54, 1.807) is 17.7 Å². The summed E-state index contributed by atoms with van der Waals surface area (Å²) in [7, 11) is 1.59. The normalized spacial score (nSPS) is 10.7. The first-order valence-electron chi connectivity index (χ1n) is 6.68. The lowest BCUT2D eigenvalue weighted by Crippen LogP contribution is -2.15. The van der Waals surface area contributed by atoms with Gasteiger partial charge in [-0.15, -0.1) is 0 Å². The van der Waals surface area contributed by atoms with Crippen LogP contribution in [0, 0.1) is 10.5 Å². The van der Waals surface area contributed by atoms with Crippen LogP contribution in [0.2, 0.25) is 0 Å². The summed E-state index contributed by atoms with van der Waals surface area (Å²) in [6.07, 6.45) is 1.81. The van der Waals surface area contributed by atoms with Gasteiger partial charge in [0.05, 0.1) is 12.8 Å². The summed E-state index contributed by atoms with van der Waals surface area (Å²) in [5.74, 6) is 0.443. The second-order valence-electron chi connectivity index (χ2n) is 4.78. The fraction of sp³-hybridized carbons (Fsp3) is 0.125. The first kappa shape index (κ1) is 14.8. The lowest BCUT2D eigenvalue weighted by Gasteiger charge is -2.07. The Bertz CT molecular complexity index is 840. The van der Waals surface area contributed by atoms with Crippen molar-refractivity contribution in [3.63, 3.8) is 0 Å². The highest BCUT2D eigenvalue weighted by molar-refractivity contribution is 14.1. The van der Waals surface area contributed by atoms with Gasteiger partial charge in [0.1, 0.15) is 5.69 Å². The molecule has 0 unspecified atom stereocenters. The largest absolute Gasteiger partial charge is 0.493 e. The quantitative estimate of drug-likeness (QED) is 0.677. The third-order valence-electron chi connectivity index (χ3n) is 3.33. The van der Waals surface area contributed by atoms with Crippen molar-refractivity contribution in [1.29, 1.82) is 0 Å². The molecule has 0 atom stereocenters. The molecule has 2 heterocycles. The number of carbonyl (C=O) groups is 1. The fourth-order valence-corrected chi connectivity index (χ4v) is 2.67. The number of halogens is 1. The lowest BCUT2D eigenvalue weighted by atomic mass is 10.3. The summed E-state index contributed by atoms with van der Waals surface area (Å²) in [5.41, 5.74) is 2.55. The zero-order valence-corrected chi connectivity index (χ0v) is 14.3. The number of rotatable bonds is 3. The number of nitrogens with one attached hydrogen (secondary N) is 1. The van der Waals surface area contributed by atoms with Gasteiger partial charge in [-0.1, -0.05) is 0 Å². The highest BCUT2D eigenvalue weighted by Crippen LogP contribution is 2.22. The molecule has 0 bridgehead atoms. The number of amides is 1. The Morgan fingerprint density at radius 1 is 1.27 bits per heavy atom. The van der Waals surface area contributed by atoms with Gasteiger partial charge in [0.15, 0.2) is 11.4 Å². The van der Waals surface area contributed by atoms with Crippen molar-refractivity contribution in [2.45, 2.75) is 6.92 Å². The van der Waals surface area contributed by atoms with Crippen LogP contribution in [-0.4, -0.2) is 22.4 Å². The SMILES string of the molecule is COc1cccn2c(C(=O)Nc3ccc(I)cc3)c(C)nc12. The highest BCUT2D eigenvalue weighted by Gasteiger charge is 2.18. The third-order valence-corrected chi connectivity index (χ3v) is 4.04. The van der Waals surface area contributed by atoms with Crippen molar-refractivity contribution >= 4 is 39.8 Å². The predicted octanol–water partition coefficient (Wildman–Crippen LogP) is 3.51. The van der Waals surface area contributed by atoms with Crippen molar-refractivity contribution < 1.29 is 9.53 Å². The molecule has 3 rings (SSSR count). The molecule has 0 radical (unpaired) electrons. The van der Waals surface area contributed by atoms with Gasteiger partial charge in [0, 0.05) is 15.5 Å². The molecule has 5 nitrogen and oxygen atoms in total. The molecule has 22 heavy (non-hydrogen) atoms. The van der Waals surface area contributed by atoms with Crippen LogP contribution in [-0.2, 0) is 0 Å². The van der Waals surface area contributed by atoms with E-state index >= 15 is 0 Å². The molecule has 1 aromatic carbocycles. The number of hydrogen-bond acceptors (Lipinski definition) is 3. The molecule has 2 aromatic heterocycles. The van der Waals surface area contributed by atoms with Crippen molar-refractivity contribution in [3.8, 4) is 5.75 Å². The average molecular weight is 407 g/mol. The van der Waals surface area contributed by atoms with Gasteiger partial charge in [-0.2, -0.15) is 0 Å². The Morgan fingerprint density at radius 3 is 2.68 bits per heavy atom. The molecule has 112 valence electrons. The Kier molecular flexibility index (Phi) is 4.02. The molecule has 0 fully saturated rings. The summed E-state index contributed by atoms with van der Waals surface area (Å²) in [6, 6.07) is 11.3. The first-order chi connectivity index (χ1) is 10.6. The van der Waals surface area contributed by atoms with E-state index in [0.717, 1.165) is 9.26 Å². The topological polar surface area (TPSA) is 55.6 Å². The van der Waals surface area contributed by atoms with E-state index in [0.29, 0.717) is 22.8 Å². The molecule has 3 aromatic rings. The molecule has 6 heteroatoms. The molecule has 1 amide bonds. The smallest absolute Gasteiger partial charge is 0.274 e. The summed E-state index contributed by atoms with van der Waals surface area (Å²) >= 11 is 2.22. The average Bonchev–Trinajstić information content (AvgIpc) is 2.85. The van der Waals surface area contributed by atoms with Gasteiger partial charge >= 0.3 is 0 Å². The number of carbonyl (C=O) groups excluding carboxylic acids is 1. The van der Waals surface area contributed by atoms with E-state index in [1.165, 1.54) is 0 Å². The molecule has 0 aliphatic rings. The van der Waals surface area contributed by atoms with E-state index in [9.17, 15) is 4.79 Å². The standard InChI is InChI=1S/C16H14IN3O2/c1-10-14(16(21)19-12-7-5-11(17)6-8-12)20-9-3-4-13(22-2)15(20)18-10/h3-9H,1-2H3,(H,19,21). The zero-order chi connectivity index (χ0) is 15.7. The number of imidazole rings is 1. The number of aromatic nitrogens is 2. The third kappa shape index (κ3) is 2.66. The maximum atomic E-state index is 12.6. The van der Waals surface area contributed by atoms with Gasteiger partial charge in [-0.25, -0.2) is 4.98 Å². The van der Waals surface area contributed by atoms with Crippen molar-refractivity contribution in [1.82, 2.24) is 9.38 Å². The maximum Gasteiger partial charge on any atom is 0.274 e. The molecule has 0 saturated carbocycles. The van der Waals surface area contributed by atoms with Crippen LogP contribution in [0.15, 0.2) is 42.6 Å². The van der Waals surface area contributed by atoms with E-state index < -0.39 is 0 Å². The van der Waals surface area contributed by atoms with Gasteiger partial charge in [-0.3, -0.25) is 9.20 Å². The van der Waals surface area contributed by atoms with Gasteiger partial charge in [0.25, 0.3) is 5.91 Å². The predicted molar refractivity (Wildman–Crippen MR) is 93.6 cm³/mol. The number of fused-ring (bicyclic) bond motifs is 1. The summed E-state index contributed by atoms with van der Waals surface area (Å²) in [5, 5.41) is 2.90. The Balaban J connectivity index is 2.00. The first-order valence-corrected chi connectivity index (χ1v) is 7.76.